The molecule has 1 atom stereocenters. The quantitative estimate of drug-likeness (QED) is 0.673. The first-order valence-corrected chi connectivity index (χ1v) is 8.78. The van der Waals surface area contributed by atoms with Gasteiger partial charge in [-0.25, -0.2) is 0 Å². The first-order chi connectivity index (χ1) is 12.9. The number of H-pyrrole nitrogens is 1. The van der Waals surface area contributed by atoms with Crippen molar-refractivity contribution in [3.05, 3.63) is 46.8 Å². The number of aromatic amines is 1. The second-order valence-corrected chi connectivity index (χ2v) is 6.31. The number of ether oxygens (including phenoxy) is 1. The van der Waals surface area contributed by atoms with Crippen molar-refractivity contribution >= 4 is 18.3 Å². The van der Waals surface area contributed by atoms with Crippen molar-refractivity contribution in [2.24, 2.45) is 0 Å². The van der Waals surface area contributed by atoms with Gasteiger partial charge in [0.05, 0.1) is 12.1 Å². The van der Waals surface area contributed by atoms with Crippen molar-refractivity contribution in [1.82, 2.24) is 20.8 Å². The number of para-hydroxylation sites is 1. The lowest BCUT2D eigenvalue weighted by Gasteiger charge is -2.21. The number of carbonyl (C=O) groups excluding carboxylic acids is 1. The number of fused-ring (bicyclic) bond motifs is 1. The number of hydrogen-bond acceptors (Lipinski definition) is 4. The highest BCUT2D eigenvalue weighted by Crippen LogP contribution is 2.36. The fourth-order valence-corrected chi connectivity index (χ4v) is 2.96. The average molecular weight is 419 g/mol. The molecule has 10 heteroatoms. The van der Waals surface area contributed by atoms with Crippen LogP contribution in [-0.4, -0.2) is 35.3 Å². The van der Waals surface area contributed by atoms with Crippen LogP contribution in [0.4, 0.5) is 13.2 Å². The standard InChI is InChI=1S/C18H21F3N4O2.ClH/c1-2-11(27-15-6-4-3-5-13(15)18(19,20)21)9-23-17(26)16-12-10-22-8-7-14(12)24-25-16;/h3-6,11,22H,2,7-10H2,1H3,(H,23,26)(H,24,25);1H. The Hall–Kier alpha value is -2.26. The van der Waals surface area contributed by atoms with Gasteiger partial charge in [0, 0.05) is 30.8 Å². The van der Waals surface area contributed by atoms with E-state index < -0.39 is 17.8 Å². The van der Waals surface area contributed by atoms with Crippen LogP contribution < -0.4 is 15.4 Å². The first-order valence-electron chi connectivity index (χ1n) is 8.78. The molecular formula is C18H22ClF3N4O2. The van der Waals surface area contributed by atoms with Gasteiger partial charge in [0.2, 0.25) is 0 Å². The minimum absolute atomic E-state index is 0. The smallest absolute Gasteiger partial charge is 0.419 e. The zero-order valence-corrected chi connectivity index (χ0v) is 16.0. The van der Waals surface area contributed by atoms with Crippen LogP contribution in [-0.2, 0) is 19.1 Å². The van der Waals surface area contributed by atoms with Crippen molar-refractivity contribution in [2.45, 2.75) is 38.6 Å². The van der Waals surface area contributed by atoms with Gasteiger partial charge in [-0.1, -0.05) is 19.1 Å². The van der Waals surface area contributed by atoms with Gasteiger partial charge in [0.25, 0.3) is 5.91 Å². The summed E-state index contributed by atoms with van der Waals surface area (Å²) in [5.41, 5.74) is 1.24. The zero-order chi connectivity index (χ0) is 19.4. The highest BCUT2D eigenvalue weighted by atomic mass is 35.5. The summed E-state index contributed by atoms with van der Waals surface area (Å²) in [6, 6.07) is 5.05. The van der Waals surface area contributed by atoms with Crippen LogP contribution >= 0.6 is 12.4 Å². The van der Waals surface area contributed by atoms with Crippen molar-refractivity contribution in [3.63, 3.8) is 0 Å². The molecule has 0 fully saturated rings. The fraction of sp³-hybridized carbons (Fsp3) is 0.444. The number of carbonyl (C=O) groups is 1. The number of rotatable bonds is 6. The maximum atomic E-state index is 13.1. The summed E-state index contributed by atoms with van der Waals surface area (Å²) in [6.07, 6.45) is -3.89. The molecule has 2 aromatic rings. The van der Waals surface area contributed by atoms with E-state index in [0.717, 1.165) is 30.3 Å². The molecule has 0 radical (unpaired) electrons. The third kappa shape index (κ3) is 4.96. The summed E-state index contributed by atoms with van der Waals surface area (Å²) < 4.78 is 44.8. The molecule has 2 heterocycles. The van der Waals surface area contributed by atoms with E-state index in [1.807, 2.05) is 0 Å². The molecule has 0 saturated heterocycles. The van der Waals surface area contributed by atoms with Crippen LogP contribution in [0.25, 0.3) is 0 Å². The number of alkyl halides is 3. The second kappa shape index (κ2) is 9.29. The van der Waals surface area contributed by atoms with Gasteiger partial charge in [-0.3, -0.25) is 9.89 Å². The van der Waals surface area contributed by atoms with E-state index in [1.54, 1.807) is 6.92 Å². The summed E-state index contributed by atoms with van der Waals surface area (Å²) in [4.78, 5) is 12.4. The lowest BCUT2D eigenvalue weighted by Crippen LogP contribution is -2.36. The molecule has 1 aliphatic heterocycles. The molecule has 1 amide bonds. The van der Waals surface area contributed by atoms with Gasteiger partial charge < -0.3 is 15.4 Å². The molecule has 154 valence electrons. The van der Waals surface area contributed by atoms with E-state index in [-0.39, 0.29) is 30.6 Å². The molecule has 0 spiro atoms. The molecular weight excluding hydrogens is 397 g/mol. The average Bonchev–Trinajstić information content (AvgIpc) is 3.08. The normalized spacial score (nSPS) is 14.6. The third-order valence-electron chi connectivity index (χ3n) is 4.45. The van der Waals surface area contributed by atoms with Gasteiger partial charge in [0.15, 0.2) is 5.69 Å². The van der Waals surface area contributed by atoms with Gasteiger partial charge in [-0.15, -0.1) is 12.4 Å². The van der Waals surface area contributed by atoms with Crippen LogP contribution in [0.1, 0.15) is 40.7 Å². The minimum Gasteiger partial charge on any atom is -0.488 e. The fourth-order valence-electron chi connectivity index (χ4n) is 2.96. The predicted octanol–water partition coefficient (Wildman–Crippen LogP) is 3.08. The summed E-state index contributed by atoms with van der Waals surface area (Å²) in [7, 11) is 0. The van der Waals surface area contributed by atoms with Crippen LogP contribution in [0.15, 0.2) is 24.3 Å². The van der Waals surface area contributed by atoms with Crippen LogP contribution in [0.2, 0.25) is 0 Å². The highest BCUT2D eigenvalue weighted by molar-refractivity contribution is 5.94. The largest absolute Gasteiger partial charge is 0.488 e. The topological polar surface area (TPSA) is 79.0 Å². The lowest BCUT2D eigenvalue weighted by molar-refractivity contribution is -0.139. The third-order valence-corrected chi connectivity index (χ3v) is 4.45. The zero-order valence-electron chi connectivity index (χ0n) is 15.2. The minimum atomic E-state index is -4.50. The Kier molecular flexibility index (Phi) is 7.31. The number of amides is 1. The van der Waals surface area contributed by atoms with Crippen LogP contribution in [0, 0.1) is 0 Å². The molecule has 1 unspecified atom stereocenters. The van der Waals surface area contributed by atoms with Crippen molar-refractivity contribution in [3.8, 4) is 5.75 Å². The number of nitrogens with one attached hydrogen (secondary N) is 3. The molecule has 1 aromatic carbocycles. The van der Waals surface area contributed by atoms with Crippen LogP contribution in [0.5, 0.6) is 5.75 Å². The van der Waals surface area contributed by atoms with E-state index in [4.69, 9.17) is 4.74 Å². The monoisotopic (exact) mass is 418 g/mol. The van der Waals surface area contributed by atoms with Gasteiger partial charge >= 0.3 is 6.18 Å². The Morgan fingerprint density at radius 1 is 1.36 bits per heavy atom. The number of halogens is 4. The number of nitrogens with zero attached hydrogens (tertiary/aromatic N) is 1. The molecule has 3 N–H and O–H groups in total. The van der Waals surface area contributed by atoms with Crippen molar-refractivity contribution in [2.75, 3.05) is 13.1 Å². The van der Waals surface area contributed by atoms with E-state index >= 15 is 0 Å². The molecule has 6 nitrogen and oxygen atoms in total. The summed E-state index contributed by atoms with van der Waals surface area (Å²) in [5, 5.41) is 12.8. The molecule has 3 rings (SSSR count). The Balaban J connectivity index is 0.00000280. The van der Waals surface area contributed by atoms with Gasteiger partial charge in [0.1, 0.15) is 11.9 Å². The summed E-state index contributed by atoms with van der Waals surface area (Å²) in [5.74, 6) is -0.616. The van der Waals surface area contributed by atoms with Crippen molar-refractivity contribution < 1.29 is 22.7 Å². The maximum Gasteiger partial charge on any atom is 0.419 e. The molecule has 1 aromatic heterocycles. The van der Waals surface area contributed by atoms with E-state index in [2.05, 4.69) is 20.8 Å². The number of hydrogen-bond donors (Lipinski definition) is 3. The maximum absolute atomic E-state index is 13.1. The Labute approximate surface area is 166 Å². The second-order valence-electron chi connectivity index (χ2n) is 6.31. The van der Waals surface area contributed by atoms with E-state index in [9.17, 15) is 18.0 Å². The lowest BCUT2D eigenvalue weighted by atomic mass is 10.1. The number of aromatic nitrogens is 2. The van der Waals surface area contributed by atoms with Crippen molar-refractivity contribution in [1.29, 1.82) is 0 Å². The summed E-state index contributed by atoms with van der Waals surface area (Å²) in [6.45, 7) is 3.24. The molecule has 1 aliphatic rings. The Bertz CT molecular complexity index is 810. The Morgan fingerprint density at radius 2 is 2.11 bits per heavy atom. The molecule has 0 aliphatic carbocycles. The number of benzene rings is 1. The van der Waals surface area contributed by atoms with Crippen LogP contribution in [0.3, 0.4) is 0 Å². The molecule has 28 heavy (non-hydrogen) atoms. The summed E-state index contributed by atoms with van der Waals surface area (Å²) >= 11 is 0. The van der Waals surface area contributed by atoms with E-state index in [0.29, 0.717) is 18.7 Å². The molecule has 0 saturated carbocycles. The predicted molar refractivity (Wildman–Crippen MR) is 99.7 cm³/mol. The SMILES string of the molecule is CCC(CNC(=O)c1n[nH]c2c1CNCC2)Oc1ccccc1C(F)(F)F.Cl. The van der Waals surface area contributed by atoms with E-state index in [1.165, 1.54) is 18.2 Å². The highest BCUT2D eigenvalue weighted by Gasteiger charge is 2.34. The van der Waals surface area contributed by atoms with Gasteiger partial charge in [-0.05, 0) is 18.6 Å². The van der Waals surface area contributed by atoms with Gasteiger partial charge in [-0.2, -0.15) is 18.3 Å². The Morgan fingerprint density at radius 3 is 2.82 bits per heavy atom. The molecule has 0 bridgehead atoms. The first kappa shape index (κ1) is 22.0.